The van der Waals surface area contributed by atoms with Crippen molar-refractivity contribution in [1.29, 1.82) is 0 Å². The fraction of sp³-hybridized carbons (Fsp3) is 0.250. The molecule has 11 heavy (non-hydrogen) atoms. The van der Waals surface area contributed by atoms with Crippen LogP contribution < -0.4 is 0 Å². The molecule has 0 N–H and O–H groups in total. The Hall–Kier alpha value is -0.630. The third-order valence-corrected chi connectivity index (χ3v) is 1.56. The molecular formula is C8H7ClF2. The molecule has 1 rings (SSSR count). The summed E-state index contributed by atoms with van der Waals surface area (Å²) in [7, 11) is 0. The molecule has 0 nitrogen and oxygen atoms in total. The average molecular weight is 177 g/mol. The van der Waals surface area contributed by atoms with Gasteiger partial charge in [0.25, 0.3) is 0 Å². The normalized spacial score (nSPS) is 11.6. The molecule has 0 aliphatic carbocycles. The highest BCUT2D eigenvalue weighted by atomic mass is 35.5. The van der Waals surface area contributed by atoms with Crippen LogP contribution in [0.2, 0.25) is 0 Å². The van der Waals surface area contributed by atoms with Gasteiger partial charge in [-0.3, -0.25) is 0 Å². The lowest BCUT2D eigenvalue weighted by molar-refractivity contribution is 0.0950. The van der Waals surface area contributed by atoms with Crippen LogP contribution in [0.5, 0.6) is 0 Å². The molecule has 0 heterocycles. The zero-order chi connectivity index (χ0) is 8.48. The number of hydrogen-bond donors (Lipinski definition) is 0. The van der Waals surface area contributed by atoms with Gasteiger partial charge in [-0.05, 0) is 24.6 Å². The maximum absolute atomic E-state index is 12.4. The van der Waals surface area contributed by atoms with E-state index in [1.165, 1.54) is 12.1 Å². The maximum atomic E-state index is 12.4. The molecule has 1 aromatic carbocycles. The van der Waals surface area contributed by atoms with Gasteiger partial charge in [-0.1, -0.05) is 23.8 Å². The second-order valence-electron chi connectivity index (χ2n) is 2.37. The van der Waals surface area contributed by atoms with Crippen LogP contribution in [0.1, 0.15) is 11.1 Å². The zero-order valence-corrected chi connectivity index (χ0v) is 6.70. The lowest BCUT2D eigenvalue weighted by atomic mass is 10.1. The van der Waals surface area contributed by atoms with Crippen molar-refractivity contribution in [1.82, 2.24) is 0 Å². The van der Waals surface area contributed by atoms with Crippen LogP contribution in [0.25, 0.3) is 0 Å². The van der Waals surface area contributed by atoms with Crippen molar-refractivity contribution >= 4 is 11.6 Å². The summed E-state index contributed by atoms with van der Waals surface area (Å²) in [6, 6.07) is 5.97. The Bertz CT molecular complexity index is 253. The molecule has 0 radical (unpaired) electrons. The van der Waals surface area contributed by atoms with Gasteiger partial charge < -0.3 is 0 Å². The molecule has 0 aliphatic rings. The molecule has 3 heteroatoms. The van der Waals surface area contributed by atoms with E-state index in [1.54, 1.807) is 19.1 Å². The predicted molar refractivity (Wildman–Crippen MR) is 40.9 cm³/mol. The highest BCUT2D eigenvalue weighted by Gasteiger charge is 2.27. The van der Waals surface area contributed by atoms with Crippen LogP contribution >= 0.6 is 11.6 Å². The summed E-state index contributed by atoms with van der Waals surface area (Å²) < 4.78 is 24.8. The Balaban J connectivity index is 3.06. The largest absolute Gasteiger partial charge is 0.348 e. The van der Waals surface area contributed by atoms with Crippen LogP contribution in [0.4, 0.5) is 8.78 Å². The summed E-state index contributed by atoms with van der Waals surface area (Å²) in [5, 5.41) is -3.24. The van der Waals surface area contributed by atoms with E-state index in [-0.39, 0.29) is 5.56 Å². The van der Waals surface area contributed by atoms with E-state index in [0.717, 1.165) is 5.56 Å². The molecule has 60 valence electrons. The summed E-state index contributed by atoms with van der Waals surface area (Å²) in [6.45, 7) is 1.74. The van der Waals surface area contributed by atoms with E-state index in [1.807, 2.05) is 0 Å². The second-order valence-corrected chi connectivity index (χ2v) is 2.84. The third-order valence-electron chi connectivity index (χ3n) is 1.35. The number of hydrogen-bond acceptors (Lipinski definition) is 0. The molecule has 0 spiro atoms. The van der Waals surface area contributed by atoms with Gasteiger partial charge in [0, 0.05) is 5.56 Å². The number of benzene rings is 1. The van der Waals surface area contributed by atoms with Gasteiger partial charge in [-0.25, -0.2) is 0 Å². The first kappa shape index (κ1) is 8.47. The van der Waals surface area contributed by atoms with Crippen LogP contribution in [0.3, 0.4) is 0 Å². The fourth-order valence-corrected chi connectivity index (χ4v) is 0.939. The van der Waals surface area contributed by atoms with E-state index >= 15 is 0 Å². The SMILES string of the molecule is Cc1cccc(C(F)(F)Cl)c1. The first-order valence-corrected chi connectivity index (χ1v) is 3.52. The van der Waals surface area contributed by atoms with Crippen molar-refractivity contribution in [2.24, 2.45) is 0 Å². The van der Waals surface area contributed by atoms with E-state index < -0.39 is 5.38 Å². The van der Waals surface area contributed by atoms with Crippen molar-refractivity contribution in [3.05, 3.63) is 35.4 Å². The molecule has 0 saturated carbocycles. The van der Waals surface area contributed by atoms with Crippen molar-refractivity contribution in [2.45, 2.75) is 12.3 Å². The molecule has 0 amide bonds. The Morgan fingerprint density at radius 1 is 1.36 bits per heavy atom. The molecule has 0 saturated heterocycles. The minimum atomic E-state index is -3.24. The number of alkyl halides is 3. The lowest BCUT2D eigenvalue weighted by Crippen LogP contribution is -2.02. The van der Waals surface area contributed by atoms with Crippen molar-refractivity contribution in [2.75, 3.05) is 0 Å². The van der Waals surface area contributed by atoms with Gasteiger partial charge in [0.2, 0.25) is 0 Å². The second kappa shape index (κ2) is 2.78. The quantitative estimate of drug-likeness (QED) is 0.576. The van der Waals surface area contributed by atoms with Crippen LogP contribution in [0, 0.1) is 6.92 Å². The minimum Gasteiger partial charge on any atom is -0.183 e. The van der Waals surface area contributed by atoms with E-state index in [0.29, 0.717) is 0 Å². The molecule has 0 bridgehead atoms. The van der Waals surface area contributed by atoms with E-state index in [9.17, 15) is 8.78 Å². The Morgan fingerprint density at radius 3 is 2.36 bits per heavy atom. The van der Waals surface area contributed by atoms with Crippen molar-refractivity contribution < 1.29 is 8.78 Å². The molecule has 0 aromatic heterocycles. The number of halogens is 3. The first-order chi connectivity index (χ1) is 5.00. The molecular weight excluding hydrogens is 170 g/mol. The van der Waals surface area contributed by atoms with E-state index in [2.05, 4.69) is 0 Å². The van der Waals surface area contributed by atoms with Crippen molar-refractivity contribution in [3.63, 3.8) is 0 Å². The summed E-state index contributed by atoms with van der Waals surface area (Å²) in [6.07, 6.45) is 0. The molecule has 0 aliphatic heterocycles. The summed E-state index contributed by atoms with van der Waals surface area (Å²) in [5.41, 5.74) is 0.627. The van der Waals surface area contributed by atoms with Crippen LogP contribution in [-0.4, -0.2) is 0 Å². The zero-order valence-electron chi connectivity index (χ0n) is 5.94. The number of rotatable bonds is 1. The Kier molecular flexibility index (Phi) is 2.14. The molecule has 0 atom stereocenters. The average Bonchev–Trinajstić information content (AvgIpc) is 1.86. The summed E-state index contributed by atoms with van der Waals surface area (Å²) in [5.74, 6) is 0. The van der Waals surface area contributed by atoms with E-state index in [4.69, 9.17) is 11.6 Å². The van der Waals surface area contributed by atoms with Crippen LogP contribution in [-0.2, 0) is 5.38 Å². The highest BCUT2D eigenvalue weighted by Crippen LogP contribution is 2.32. The van der Waals surface area contributed by atoms with Crippen molar-refractivity contribution in [3.8, 4) is 0 Å². The molecule has 0 fully saturated rings. The van der Waals surface area contributed by atoms with Gasteiger partial charge in [0.1, 0.15) is 0 Å². The number of aryl methyl sites for hydroxylation is 1. The van der Waals surface area contributed by atoms with Gasteiger partial charge in [0.05, 0.1) is 0 Å². The minimum absolute atomic E-state index is 0.154. The summed E-state index contributed by atoms with van der Waals surface area (Å²) >= 11 is 4.80. The predicted octanol–water partition coefficient (Wildman–Crippen LogP) is 3.28. The topological polar surface area (TPSA) is 0 Å². The molecule has 0 unspecified atom stereocenters. The van der Waals surface area contributed by atoms with Gasteiger partial charge in [-0.2, -0.15) is 8.78 Å². The monoisotopic (exact) mass is 176 g/mol. The Morgan fingerprint density at radius 2 is 2.00 bits per heavy atom. The first-order valence-electron chi connectivity index (χ1n) is 3.14. The Labute approximate surface area is 68.8 Å². The third kappa shape index (κ3) is 2.15. The lowest BCUT2D eigenvalue weighted by Gasteiger charge is -2.07. The van der Waals surface area contributed by atoms with Gasteiger partial charge >= 0.3 is 5.38 Å². The molecule has 1 aromatic rings. The van der Waals surface area contributed by atoms with Gasteiger partial charge in [-0.15, -0.1) is 0 Å². The van der Waals surface area contributed by atoms with Gasteiger partial charge in [0.15, 0.2) is 0 Å². The fourth-order valence-electron chi connectivity index (χ4n) is 0.821. The smallest absolute Gasteiger partial charge is 0.183 e. The highest BCUT2D eigenvalue weighted by molar-refractivity contribution is 6.21. The summed E-state index contributed by atoms with van der Waals surface area (Å²) in [4.78, 5) is 0. The van der Waals surface area contributed by atoms with Crippen LogP contribution in [0.15, 0.2) is 24.3 Å². The maximum Gasteiger partial charge on any atom is 0.348 e. The standard InChI is InChI=1S/C8H7ClF2/c1-6-3-2-4-7(5-6)8(9,10)11/h2-5H,1H3.